The number of likely N-dealkylation sites (N-methyl/N-ethyl adjacent to an activating group) is 1. The first-order valence-corrected chi connectivity index (χ1v) is 8.07. The number of ether oxygens (including phenoxy) is 1. The molecule has 0 saturated heterocycles. The molecule has 0 bridgehead atoms. The summed E-state index contributed by atoms with van der Waals surface area (Å²) in [6, 6.07) is 5.02. The number of amides is 1. The van der Waals surface area contributed by atoms with Crippen LogP contribution in [-0.4, -0.2) is 58.6 Å². The number of rotatable bonds is 6. The Morgan fingerprint density at radius 2 is 2.15 bits per heavy atom. The van der Waals surface area contributed by atoms with E-state index in [2.05, 4.69) is 25.3 Å². The van der Waals surface area contributed by atoms with Crippen LogP contribution in [0.25, 0.3) is 11.0 Å². The number of hydrogen-bond donors (Lipinski definition) is 3. The Morgan fingerprint density at radius 1 is 1.35 bits per heavy atom. The summed E-state index contributed by atoms with van der Waals surface area (Å²) in [5.41, 5.74) is 1.37. The number of aromatic nitrogens is 4. The summed E-state index contributed by atoms with van der Waals surface area (Å²) in [5, 5.41) is 3.63. The molecule has 3 rings (SSSR count). The Hall–Kier alpha value is -3.36. The maximum Gasteiger partial charge on any atom is 0.354 e. The Balaban J connectivity index is 1.74. The van der Waals surface area contributed by atoms with Crippen LogP contribution in [-0.2, 0) is 4.74 Å². The second-order valence-electron chi connectivity index (χ2n) is 5.97. The predicted molar refractivity (Wildman–Crippen MR) is 96.2 cm³/mol. The lowest BCUT2D eigenvalue weighted by Gasteiger charge is -2.23. The highest BCUT2D eigenvalue weighted by atomic mass is 16.5. The van der Waals surface area contributed by atoms with Crippen molar-refractivity contribution in [3.63, 3.8) is 0 Å². The normalized spacial score (nSPS) is 12.0. The number of methoxy groups -OCH3 is 1. The van der Waals surface area contributed by atoms with Crippen LogP contribution in [0, 0.1) is 0 Å². The summed E-state index contributed by atoms with van der Waals surface area (Å²) in [6.07, 6.45) is 3.13. The zero-order valence-corrected chi connectivity index (χ0v) is 14.7. The number of hydrogen-bond acceptors (Lipinski definition) is 6. The quantitative estimate of drug-likeness (QED) is 0.574. The van der Waals surface area contributed by atoms with Crippen LogP contribution >= 0.6 is 0 Å². The zero-order chi connectivity index (χ0) is 18.7. The van der Waals surface area contributed by atoms with Gasteiger partial charge in [0, 0.05) is 25.8 Å². The first-order chi connectivity index (χ1) is 12.5. The summed E-state index contributed by atoms with van der Waals surface area (Å²) in [5.74, 6) is 0.0175. The van der Waals surface area contributed by atoms with Gasteiger partial charge in [-0.1, -0.05) is 0 Å². The molecule has 136 valence electrons. The smallest absolute Gasteiger partial charge is 0.354 e. The van der Waals surface area contributed by atoms with E-state index < -0.39 is 5.97 Å². The standard InChI is InChI=1S/C17H20N6O3/c1-10(21-16(24)12-5-4-6-18-12)8-23(2)15-11-7-13(17(25)26-3)22-14(11)19-9-20-15/h4-7,9-10,18H,8H2,1-3H3,(H,21,24)(H,19,20,22). The highest BCUT2D eigenvalue weighted by molar-refractivity contribution is 5.97. The number of nitrogens with zero attached hydrogens (tertiary/aromatic N) is 3. The van der Waals surface area contributed by atoms with E-state index in [1.807, 2.05) is 18.9 Å². The van der Waals surface area contributed by atoms with Gasteiger partial charge in [-0.25, -0.2) is 14.8 Å². The first kappa shape index (κ1) is 17.5. The van der Waals surface area contributed by atoms with Crippen molar-refractivity contribution in [2.75, 3.05) is 25.6 Å². The van der Waals surface area contributed by atoms with Crippen molar-refractivity contribution in [2.45, 2.75) is 13.0 Å². The van der Waals surface area contributed by atoms with Gasteiger partial charge in [0.1, 0.15) is 29.2 Å². The topological polar surface area (TPSA) is 116 Å². The van der Waals surface area contributed by atoms with Crippen molar-refractivity contribution in [2.24, 2.45) is 0 Å². The van der Waals surface area contributed by atoms with E-state index in [0.717, 1.165) is 0 Å². The largest absolute Gasteiger partial charge is 0.464 e. The zero-order valence-electron chi connectivity index (χ0n) is 14.7. The third-order valence-electron chi connectivity index (χ3n) is 3.94. The van der Waals surface area contributed by atoms with Crippen molar-refractivity contribution in [3.8, 4) is 0 Å². The second kappa shape index (κ2) is 7.26. The van der Waals surface area contributed by atoms with Gasteiger partial charge in [-0.3, -0.25) is 4.79 Å². The van der Waals surface area contributed by atoms with Crippen molar-refractivity contribution in [1.82, 2.24) is 25.3 Å². The van der Waals surface area contributed by atoms with Crippen LogP contribution in [0.4, 0.5) is 5.82 Å². The van der Waals surface area contributed by atoms with Crippen molar-refractivity contribution >= 4 is 28.7 Å². The van der Waals surface area contributed by atoms with Crippen LogP contribution in [0.5, 0.6) is 0 Å². The number of anilines is 1. The highest BCUT2D eigenvalue weighted by Crippen LogP contribution is 2.23. The Bertz CT molecular complexity index is 918. The molecular formula is C17H20N6O3. The molecule has 0 aliphatic heterocycles. The third kappa shape index (κ3) is 3.51. The molecule has 9 nitrogen and oxygen atoms in total. The fourth-order valence-electron chi connectivity index (χ4n) is 2.77. The number of nitrogens with one attached hydrogen (secondary N) is 3. The van der Waals surface area contributed by atoms with Crippen LogP contribution in [0.1, 0.15) is 27.9 Å². The van der Waals surface area contributed by atoms with E-state index in [4.69, 9.17) is 4.74 Å². The molecule has 0 radical (unpaired) electrons. The molecule has 1 atom stereocenters. The van der Waals surface area contributed by atoms with Gasteiger partial charge in [0.15, 0.2) is 0 Å². The minimum Gasteiger partial charge on any atom is -0.464 e. The fourth-order valence-corrected chi connectivity index (χ4v) is 2.77. The van der Waals surface area contributed by atoms with E-state index in [1.54, 1.807) is 24.4 Å². The molecule has 0 spiro atoms. The Labute approximate surface area is 149 Å². The lowest BCUT2D eigenvalue weighted by molar-refractivity contribution is 0.0595. The average Bonchev–Trinajstić information content (AvgIpc) is 3.29. The van der Waals surface area contributed by atoms with Crippen molar-refractivity contribution in [1.29, 1.82) is 0 Å². The molecule has 26 heavy (non-hydrogen) atoms. The van der Waals surface area contributed by atoms with E-state index >= 15 is 0 Å². The second-order valence-corrected chi connectivity index (χ2v) is 5.97. The molecule has 3 N–H and O–H groups in total. The number of fused-ring (bicyclic) bond motifs is 1. The number of carbonyl (C=O) groups is 2. The summed E-state index contributed by atoms with van der Waals surface area (Å²) in [7, 11) is 3.19. The molecule has 0 fully saturated rings. The third-order valence-corrected chi connectivity index (χ3v) is 3.94. The highest BCUT2D eigenvalue weighted by Gasteiger charge is 2.18. The number of carbonyl (C=O) groups excluding carboxylic acids is 2. The maximum atomic E-state index is 12.1. The summed E-state index contributed by atoms with van der Waals surface area (Å²) in [4.78, 5) is 40.0. The lowest BCUT2D eigenvalue weighted by Crippen LogP contribution is -2.41. The average molecular weight is 356 g/mol. The van der Waals surface area contributed by atoms with Gasteiger partial charge in [0.25, 0.3) is 5.91 Å². The summed E-state index contributed by atoms with van der Waals surface area (Å²) in [6.45, 7) is 2.43. The van der Waals surface area contributed by atoms with E-state index in [1.165, 1.54) is 13.4 Å². The molecule has 0 aromatic carbocycles. The molecule has 0 aliphatic rings. The molecular weight excluding hydrogens is 336 g/mol. The molecule has 0 aliphatic carbocycles. The monoisotopic (exact) mass is 356 g/mol. The van der Waals surface area contributed by atoms with Gasteiger partial charge in [0.05, 0.1) is 12.5 Å². The Morgan fingerprint density at radius 3 is 2.85 bits per heavy atom. The first-order valence-electron chi connectivity index (χ1n) is 8.07. The van der Waals surface area contributed by atoms with Crippen LogP contribution < -0.4 is 10.2 Å². The van der Waals surface area contributed by atoms with Gasteiger partial charge < -0.3 is 24.9 Å². The van der Waals surface area contributed by atoms with Gasteiger partial charge in [-0.05, 0) is 25.1 Å². The molecule has 3 aromatic rings. The SMILES string of the molecule is COC(=O)c1cc2c(N(C)CC(C)NC(=O)c3ccc[nH]3)ncnc2[nH]1. The predicted octanol–water partition coefficient (Wildman–Crippen LogP) is 1.33. The summed E-state index contributed by atoms with van der Waals surface area (Å²) >= 11 is 0. The molecule has 1 unspecified atom stereocenters. The van der Waals surface area contributed by atoms with Gasteiger partial charge >= 0.3 is 5.97 Å². The fraction of sp³-hybridized carbons (Fsp3) is 0.294. The summed E-state index contributed by atoms with van der Waals surface area (Å²) < 4.78 is 4.73. The number of H-pyrrole nitrogens is 2. The lowest BCUT2D eigenvalue weighted by atomic mass is 10.2. The van der Waals surface area contributed by atoms with Gasteiger partial charge in [-0.2, -0.15) is 0 Å². The molecule has 9 heteroatoms. The van der Waals surface area contributed by atoms with Crippen LogP contribution in [0.15, 0.2) is 30.7 Å². The molecule has 3 heterocycles. The molecule has 3 aromatic heterocycles. The minimum atomic E-state index is -0.469. The molecule has 0 saturated carbocycles. The van der Waals surface area contributed by atoms with Crippen molar-refractivity contribution in [3.05, 3.63) is 42.1 Å². The van der Waals surface area contributed by atoms with E-state index in [-0.39, 0.29) is 11.9 Å². The Kier molecular flexibility index (Phi) is 4.87. The number of esters is 1. The number of aromatic amines is 2. The maximum absolute atomic E-state index is 12.1. The van der Waals surface area contributed by atoms with Crippen LogP contribution in [0.2, 0.25) is 0 Å². The minimum absolute atomic E-state index is 0.125. The van der Waals surface area contributed by atoms with Gasteiger partial charge in [-0.15, -0.1) is 0 Å². The van der Waals surface area contributed by atoms with E-state index in [9.17, 15) is 9.59 Å². The van der Waals surface area contributed by atoms with Gasteiger partial charge in [0.2, 0.25) is 0 Å². The molecule has 1 amide bonds. The van der Waals surface area contributed by atoms with Crippen LogP contribution in [0.3, 0.4) is 0 Å². The van der Waals surface area contributed by atoms with Crippen molar-refractivity contribution < 1.29 is 14.3 Å². The van der Waals surface area contributed by atoms with E-state index in [0.29, 0.717) is 34.8 Å².